The van der Waals surface area contributed by atoms with Crippen molar-refractivity contribution in [2.45, 2.75) is 32.6 Å². The van der Waals surface area contributed by atoms with Gasteiger partial charge in [0.2, 0.25) is 5.91 Å². The van der Waals surface area contributed by atoms with Crippen molar-refractivity contribution in [1.29, 1.82) is 0 Å². The van der Waals surface area contributed by atoms with E-state index in [2.05, 4.69) is 15.4 Å². The van der Waals surface area contributed by atoms with Crippen molar-refractivity contribution in [3.8, 4) is 5.75 Å². The van der Waals surface area contributed by atoms with Crippen LogP contribution in [-0.2, 0) is 14.8 Å². The molecule has 0 fully saturated rings. The van der Waals surface area contributed by atoms with Crippen molar-refractivity contribution in [2.75, 3.05) is 16.6 Å². The van der Waals surface area contributed by atoms with Gasteiger partial charge in [0.1, 0.15) is 5.75 Å². The average molecular weight is 436 g/mol. The Morgan fingerprint density at radius 3 is 2.07 bits per heavy atom. The molecule has 0 aromatic heterocycles. The van der Waals surface area contributed by atoms with Gasteiger partial charge in [0, 0.05) is 16.8 Å². The van der Waals surface area contributed by atoms with Gasteiger partial charge >= 0.3 is 0 Å². The predicted molar refractivity (Wildman–Crippen MR) is 119 cm³/mol. The van der Waals surface area contributed by atoms with E-state index in [1.54, 1.807) is 57.2 Å². The number of amides is 1. The summed E-state index contributed by atoms with van der Waals surface area (Å²) >= 11 is 5.12. The number of thiocarbonyl (C=S) groups is 1. The lowest BCUT2D eigenvalue weighted by atomic mass is 9.96. The zero-order chi connectivity index (χ0) is 21.7. The van der Waals surface area contributed by atoms with E-state index in [1.807, 2.05) is 6.92 Å². The highest BCUT2D eigenvalue weighted by molar-refractivity contribution is 7.92. The number of ether oxygens (including phenoxy) is 1. The third-order valence-electron chi connectivity index (χ3n) is 3.75. The van der Waals surface area contributed by atoms with E-state index in [-0.39, 0.29) is 15.9 Å². The third kappa shape index (κ3) is 6.72. The Kier molecular flexibility index (Phi) is 7.21. The number of benzene rings is 2. The molecular weight excluding hydrogens is 410 g/mol. The summed E-state index contributed by atoms with van der Waals surface area (Å²) in [4.78, 5) is 12.0. The van der Waals surface area contributed by atoms with Gasteiger partial charge in [-0.1, -0.05) is 20.8 Å². The molecule has 0 unspecified atom stereocenters. The van der Waals surface area contributed by atoms with Crippen LogP contribution in [0, 0.1) is 5.41 Å². The molecule has 3 N–H and O–H groups in total. The van der Waals surface area contributed by atoms with Gasteiger partial charge in [-0.05, 0) is 67.7 Å². The molecule has 0 saturated heterocycles. The molecule has 0 aliphatic heterocycles. The zero-order valence-corrected chi connectivity index (χ0v) is 18.4. The van der Waals surface area contributed by atoms with E-state index < -0.39 is 15.4 Å². The van der Waals surface area contributed by atoms with Crippen LogP contribution in [0.4, 0.5) is 11.4 Å². The average Bonchev–Trinajstić information content (AvgIpc) is 2.63. The topological polar surface area (TPSA) is 96.5 Å². The van der Waals surface area contributed by atoms with Crippen LogP contribution in [0.25, 0.3) is 0 Å². The summed E-state index contributed by atoms with van der Waals surface area (Å²) in [5, 5.41) is 5.61. The number of hydrogen-bond donors (Lipinski definition) is 3. The predicted octanol–water partition coefficient (Wildman–Crippen LogP) is 3.75. The van der Waals surface area contributed by atoms with Gasteiger partial charge in [-0.25, -0.2) is 8.42 Å². The highest BCUT2D eigenvalue weighted by atomic mass is 32.2. The van der Waals surface area contributed by atoms with Crippen molar-refractivity contribution in [3.05, 3.63) is 48.5 Å². The second-order valence-corrected chi connectivity index (χ2v) is 9.34. The second kappa shape index (κ2) is 9.23. The summed E-state index contributed by atoms with van der Waals surface area (Å²) in [6.45, 7) is 7.75. The lowest BCUT2D eigenvalue weighted by Crippen LogP contribution is -2.41. The molecule has 7 nitrogen and oxygen atoms in total. The first-order valence-corrected chi connectivity index (χ1v) is 10.9. The van der Waals surface area contributed by atoms with Gasteiger partial charge < -0.3 is 15.4 Å². The van der Waals surface area contributed by atoms with Gasteiger partial charge in [-0.3, -0.25) is 9.52 Å². The van der Waals surface area contributed by atoms with Crippen LogP contribution in [0.3, 0.4) is 0 Å². The Hall–Kier alpha value is -2.65. The van der Waals surface area contributed by atoms with Crippen LogP contribution in [0.15, 0.2) is 53.4 Å². The Balaban J connectivity index is 2.02. The molecule has 9 heteroatoms. The molecule has 156 valence electrons. The van der Waals surface area contributed by atoms with Crippen molar-refractivity contribution >= 4 is 44.6 Å². The Bertz CT molecular complexity index is 964. The first-order chi connectivity index (χ1) is 13.5. The van der Waals surface area contributed by atoms with E-state index in [0.717, 1.165) is 0 Å². The first kappa shape index (κ1) is 22.6. The van der Waals surface area contributed by atoms with E-state index in [1.165, 1.54) is 12.1 Å². The smallest absolute Gasteiger partial charge is 0.261 e. The fraction of sp³-hybridized carbons (Fsp3) is 0.300. The van der Waals surface area contributed by atoms with Crippen LogP contribution in [0.5, 0.6) is 5.75 Å². The van der Waals surface area contributed by atoms with Crippen molar-refractivity contribution in [2.24, 2.45) is 5.41 Å². The van der Waals surface area contributed by atoms with Gasteiger partial charge in [-0.2, -0.15) is 0 Å². The lowest BCUT2D eigenvalue weighted by molar-refractivity contribution is -0.126. The van der Waals surface area contributed by atoms with Crippen LogP contribution >= 0.6 is 12.2 Å². The molecule has 1 amide bonds. The standard InChI is InChI=1S/C20H25N3O4S2/c1-5-27-16-10-6-15(7-11-16)23-29(25,26)17-12-8-14(9-13-17)21-19(28)22-18(24)20(2,3)4/h6-13,23H,5H2,1-4H3,(H2,21,22,24,28). The van der Waals surface area contributed by atoms with Crippen LogP contribution in [-0.4, -0.2) is 26.0 Å². The third-order valence-corrected chi connectivity index (χ3v) is 5.35. The molecule has 0 atom stereocenters. The molecule has 0 spiro atoms. The van der Waals surface area contributed by atoms with Gasteiger partial charge in [0.25, 0.3) is 10.0 Å². The minimum atomic E-state index is -3.74. The normalized spacial score (nSPS) is 11.4. The summed E-state index contributed by atoms with van der Waals surface area (Å²) in [5.74, 6) is 0.453. The molecule has 2 aromatic rings. The van der Waals surface area contributed by atoms with E-state index in [9.17, 15) is 13.2 Å². The lowest BCUT2D eigenvalue weighted by Gasteiger charge is -2.18. The number of carbonyl (C=O) groups is 1. The number of hydrogen-bond acceptors (Lipinski definition) is 5. The number of sulfonamides is 1. The van der Waals surface area contributed by atoms with E-state index in [4.69, 9.17) is 17.0 Å². The van der Waals surface area contributed by atoms with Crippen molar-refractivity contribution in [1.82, 2.24) is 5.32 Å². The van der Waals surface area contributed by atoms with E-state index >= 15 is 0 Å². The van der Waals surface area contributed by atoms with Crippen molar-refractivity contribution in [3.63, 3.8) is 0 Å². The largest absolute Gasteiger partial charge is 0.494 e. The molecule has 2 aromatic carbocycles. The number of anilines is 2. The molecular formula is C20H25N3O4S2. The summed E-state index contributed by atoms with van der Waals surface area (Å²) in [6.07, 6.45) is 0. The highest BCUT2D eigenvalue weighted by Gasteiger charge is 2.22. The summed E-state index contributed by atoms with van der Waals surface area (Å²) in [6, 6.07) is 12.7. The van der Waals surface area contributed by atoms with Gasteiger partial charge in [0.15, 0.2) is 5.11 Å². The summed E-state index contributed by atoms with van der Waals surface area (Å²) in [5.41, 5.74) is 0.418. The van der Waals surface area contributed by atoms with Crippen LogP contribution in [0.2, 0.25) is 0 Å². The molecule has 0 radical (unpaired) electrons. The zero-order valence-electron chi connectivity index (χ0n) is 16.8. The van der Waals surface area contributed by atoms with Crippen LogP contribution in [0.1, 0.15) is 27.7 Å². The summed E-state index contributed by atoms with van der Waals surface area (Å²) < 4.78 is 33.0. The second-order valence-electron chi connectivity index (χ2n) is 7.25. The number of nitrogens with one attached hydrogen (secondary N) is 3. The first-order valence-electron chi connectivity index (χ1n) is 8.99. The SMILES string of the molecule is CCOc1ccc(NS(=O)(=O)c2ccc(NC(=S)NC(=O)C(C)(C)C)cc2)cc1. The molecule has 2 rings (SSSR count). The molecule has 0 aliphatic rings. The Morgan fingerprint density at radius 1 is 1.00 bits per heavy atom. The molecule has 0 aliphatic carbocycles. The van der Waals surface area contributed by atoms with E-state index in [0.29, 0.717) is 23.7 Å². The quantitative estimate of drug-likeness (QED) is 0.598. The molecule has 0 heterocycles. The number of carbonyl (C=O) groups excluding carboxylic acids is 1. The fourth-order valence-electron chi connectivity index (χ4n) is 2.17. The fourth-order valence-corrected chi connectivity index (χ4v) is 3.44. The minimum absolute atomic E-state index is 0.0987. The minimum Gasteiger partial charge on any atom is -0.494 e. The Labute approximate surface area is 176 Å². The summed E-state index contributed by atoms with van der Waals surface area (Å²) in [7, 11) is -3.74. The number of rotatable bonds is 6. The Morgan fingerprint density at radius 2 is 1.55 bits per heavy atom. The van der Waals surface area contributed by atoms with Gasteiger partial charge in [-0.15, -0.1) is 0 Å². The maximum absolute atomic E-state index is 12.6. The maximum Gasteiger partial charge on any atom is 0.261 e. The molecule has 0 bridgehead atoms. The molecule has 0 saturated carbocycles. The maximum atomic E-state index is 12.6. The monoisotopic (exact) mass is 435 g/mol. The van der Waals surface area contributed by atoms with Gasteiger partial charge in [0.05, 0.1) is 11.5 Å². The van der Waals surface area contributed by atoms with Crippen LogP contribution < -0.4 is 20.1 Å². The van der Waals surface area contributed by atoms with Crippen molar-refractivity contribution < 1.29 is 17.9 Å². The molecule has 29 heavy (non-hydrogen) atoms. The highest BCUT2D eigenvalue weighted by Crippen LogP contribution is 2.21.